The van der Waals surface area contributed by atoms with Gasteiger partial charge >= 0.3 is 6.03 Å². The number of hydrogen-bond acceptors (Lipinski definition) is 7. The highest BCUT2D eigenvalue weighted by atomic mass is 35.5. The van der Waals surface area contributed by atoms with E-state index in [0.717, 1.165) is 0 Å². The first kappa shape index (κ1) is 19.4. The molecule has 0 saturated carbocycles. The molecule has 1 atom stereocenters. The number of anilines is 1. The summed E-state index contributed by atoms with van der Waals surface area (Å²) in [5, 5.41) is 9.94. The number of halogens is 1. The van der Waals surface area contributed by atoms with E-state index in [9.17, 15) is 4.79 Å². The van der Waals surface area contributed by atoms with E-state index in [-0.39, 0.29) is 0 Å². The van der Waals surface area contributed by atoms with E-state index in [1.165, 1.54) is 25.2 Å². The van der Waals surface area contributed by atoms with Crippen LogP contribution in [0.5, 0.6) is 11.5 Å². The molecule has 2 N–H and O–H groups in total. The zero-order chi connectivity index (χ0) is 20.1. The Balaban J connectivity index is 1.74. The number of benzene rings is 1. The van der Waals surface area contributed by atoms with Crippen LogP contribution < -0.4 is 20.1 Å². The molecule has 10 nitrogen and oxygen atoms in total. The van der Waals surface area contributed by atoms with Crippen LogP contribution >= 0.6 is 11.6 Å². The molecule has 1 aromatic carbocycles. The van der Waals surface area contributed by atoms with Crippen LogP contribution in [0.2, 0.25) is 5.02 Å². The van der Waals surface area contributed by atoms with Crippen molar-refractivity contribution in [2.24, 2.45) is 0 Å². The normalized spacial score (nSPS) is 11.6. The van der Waals surface area contributed by atoms with Crippen molar-refractivity contribution in [2.45, 2.75) is 13.0 Å². The minimum atomic E-state index is -0.481. The molecule has 0 saturated heterocycles. The van der Waals surface area contributed by atoms with E-state index in [2.05, 4.69) is 30.7 Å². The minimum Gasteiger partial charge on any atom is -0.495 e. The maximum absolute atomic E-state index is 12.5. The van der Waals surface area contributed by atoms with E-state index in [4.69, 9.17) is 21.1 Å². The molecule has 2 amide bonds. The third-order valence-electron chi connectivity index (χ3n) is 3.77. The van der Waals surface area contributed by atoms with Gasteiger partial charge in [-0.25, -0.2) is 19.7 Å². The van der Waals surface area contributed by atoms with Crippen LogP contribution in [0.15, 0.2) is 36.9 Å². The van der Waals surface area contributed by atoms with Gasteiger partial charge in [0.05, 0.1) is 31.0 Å². The second-order valence-electron chi connectivity index (χ2n) is 5.59. The van der Waals surface area contributed by atoms with Crippen molar-refractivity contribution in [1.82, 2.24) is 30.0 Å². The van der Waals surface area contributed by atoms with Crippen molar-refractivity contribution in [1.29, 1.82) is 0 Å². The van der Waals surface area contributed by atoms with Crippen LogP contribution in [0.4, 0.5) is 10.5 Å². The molecule has 0 aliphatic carbocycles. The van der Waals surface area contributed by atoms with Gasteiger partial charge in [0.25, 0.3) is 5.95 Å². The monoisotopic (exact) mass is 403 g/mol. The van der Waals surface area contributed by atoms with Crippen LogP contribution in [-0.2, 0) is 0 Å². The SMILES string of the molecule is COc1cc(OC)c(NC(=O)N[C@@H](C)c2ncnn2-c2ncccn2)cc1Cl. The first-order chi connectivity index (χ1) is 13.5. The number of carbonyl (C=O) groups is 1. The number of rotatable bonds is 6. The van der Waals surface area contributed by atoms with Crippen molar-refractivity contribution in [2.75, 3.05) is 19.5 Å². The maximum Gasteiger partial charge on any atom is 0.319 e. The fraction of sp³-hybridized carbons (Fsp3) is 0.235. The molecule has 0 aliphatic rings. The highest BCUT2D eigenvalue weighted by Gasteiger charge is 2.19. The number of nitrogens with one attached hydrogen (secondary N) is 2. The Labute approximate surface area is 165 Å². The lowest BCUT2D eigenvalue weighted by Gasteiger charge is -2.16. The Morgan fingerprint density at radius 3 is 2.54 bits per heavy atom. The number of methoxy groups -OCH3 is 2. The number of nitrogens with zero attached hydrogens (tertiary/aromatic N) is 5. The lowest BCUT2D eigenvalue weighted by Crippen LogP contribution is -2.32. The summed E-state index contributed by atoms with van der Waals surface area (Å²) in [5.41, 5.74) is 0.394. The van der Waals surface area contributed by atoms with Gasteiger partial charge < -0.3 is 20.1 Å². The van der Waals surface area contributed by atoms with Gasteiger partial charge in [-0.2, -0.15) is 9.78 Å². The summed E-state index contributed by atoms with van der Waals surface area (Å²) in [6, 6.07) is 3.87. The van der Waals surface area contributed by atoms with E-state index < -0.39 is 12.1 Å². The fourth-order valence-electron chi connectivity index (χ4n) is 2.48. The molecule has 0 fully saturated rings. The second-order valence-corrected chi connectivity index (χ2v) is 5.99. The van der Waals surface area contributed by atoms with Gasteiger partial charge in [0, 0.05) is 18.5 Å². The van der Waals surface area contributed by atoms with Gasteiger partial charge in [-0.3, -0.25) is 0 Å². The molecule has 2 heterocycles. The zero-order valence-electron chi connectivity index (χ0n) is 15.4. The molecule has 28 heavy (non-hydrogen) atoms. The largest absolute Gasteiger partial charge is 0.495 e. The summed E-state index contributed by atoms with van der Waals surface area (Å²) in [7, 11) is 2.98. The Hall–Kier alpha value is -3.40. The van der Waals surface area contributed by atoms with Crippen molar-refractivity contribution in [3.05, 3.63) is 47.8 Å². The van der Waals surface area contributed by atoms with Crippen molar-refractivity contribution < 1.29 is 14.3 Å². The summed E-state index contributed by atoms with van der Waals surface area (Å²) in [6.07, 6.45) is 4.56. The Bertz CT molecular complexity index is 965. The number of carbonyl (C=O) groups excluding carboxylic acids is 1. The average molecular weight is 404 g/mol. The molecule has 3 rings (SSSR count). The first-order valence-electron chi connectivity index (χ1n) is 8.19. The van der Waals surface area contributed by atoms with Crippen LogP contribution in [0.25, 0.3) is 5.95 Å². The van der Waals surface area contributed by atoms with Crippen molar-refractivity contribution in [3.8, 4) is 17.4 Å². The maximum atomic E-state index is 12.5. The third-order valence-corrected chi connectivity index (χ3v) is 4.07. The molecular weight excluding hydrogens is 386 g/mol. The summed E-state index contributed by atoms with van der Waals surface area (Å²) >= 11 is 6.13. The molecule has 146 valence electrons. The third kappa shape index (κ3) is 4.12. The molecule has 0 unspecified atom stereocenters. The standard InChI is InChI=1S/C17H18ClN7O3/c1-10(15-21-9-22-25(15)16-19-5-4-6-20-16)23-17(26)24-12-7-11(18)13(27-2)8-14(12)28-3/h4-10H,1-3H3,(H2,23,24,26)/t10-/m0/s1. The van der Waals surface area contributed by atoms with E-state index in [1.807, 2.05) is 0 Å². The van der Waals surface area contributed by atoms with E-state index in [1.54, 1.807) is 37.5 Å². The van der Waals surface area contributed by atoms with E-state index in [0.29, 0.717) is 34.0 Å². The Morgan fingerprint density at radius 2 is 1.86 bits per heavy atom. The van der Waals surface area contributed by atoms with Gasteiger partial charge in [0.2, 0.25) is 0 Å². The number of aromatic nitrogens is 5. The Morgan fingerprint density at radius 1 is 1.14 bits per heavy atom. The van der Waals surface area contributed by atoms with Gasteiger partial charge in [-0.15, -0.1) is 0 Å². The van der Waals surface area contributed by atoms with Crippen LogP contribution in [0, 0.1) is 0 Å². The minimum absolute atomic E-state index is 0.340. The number of hydrogen-bond donors (Lipinski definition) is 2. The van der Waals surface area contributed by atoms with Crippen LogP contribution in [0.1, 0.15) is 18.8 Å². The van der Waals surface area contributed by atoms with Crippen LogP contribution in [0.3, 0.4) is 0 Å². The highest BCUT2D eigenvalue weighted by molar-refractivity contribution is 6.32. The molecule has 3 aromatic rings. The van der Waals surface area contributed by atoms with Gasteiger partial charge in [-0.05, 0) is 19.1 Å². The lowest BCUT2D eigenvalue weighted by molar-refractivity contribution is 0.248. The molecule has 2 aromatic heterocycles. The topological polar surface area (TPSA) is 116 Å². The van der Waals surface area contributed by atoms with Crippen molar-refractivity contribution >= 4 is 23.3 Å². The molecular formula is C17H18ClN7O3. The second kappa shape index (κ2) is 8.53. The van der Waals surface area contributed by atoms with Gasteiger partial charge in [0.15, 0.2) is 5.82 Å². The lowest BCUT2D eigenvalue weighted by atomic mass is 10.2. The summed E-state index contributed by atoms with van der Waals surface area (Å²) in [4.78, 5) is 24.9. The molecule has 0 bridgehead atoms. The summed E-state index contributed by atoms with van der Waals surface area (Å²) < 4.78 is 11.9. The molecule has 0 aliphatic heterocycles. The quantitative estimate of drug-likeness (QED) is 0.649. The fourth-order valence-corrected chi connectivity index (χ4v) is 2.72. The number of ether oxygens (including phenoxy) is 2. The van der Waals surface area contributed by atoms with Gasteiger partial charge in [-0.1, -0.05) is 11.6 Å². The first-order valence-corrected chi connectivity index (χ1v) is 8.57. The zero-order valence-corrected chi connectivity index (χ0v) is 16.1. The molecule has 0 radical (unpaired) electrons. The highest BCUT2D eigenvalue weighted by Crippen LogP contribution is 2.35. The summed E-state index contributed by atoms with van der Waals surface area (Å²) in [5.74, 6) is 1.67. The molecule has 0 spiro atoms. The van der Waals surface area contributed by atoms with Crippen LogP contribution in [-0.4, -0.2) is 45.0 Å². The smallest absolute Gasteiger partial charge is 0.319 e. The summed E-state index contributed by atoms with van der Waals surface area (Å²) in [6.45, 7) is 1.77. The van der Waals surface area contributed by atoms with E-state index >= 15 is 0 Å². The van der Waals surface area contributed by atoms with Gasteiger partial charge in [0.1, 0.15) is 17.8 Å². The number of urea groups is 1. The average Bonchev–Trinajstić information content (AvgIpc) is 3.19. The number of amides is 2. The molecule has 11 heteroatoms. The predicted molar refractivity (Wildman–Crippen MR) is 102 cm³/mol. The van der Waals surface area contributed by atoms with Crippen molar-refractivity contribution in [3.63, 3.8) is 0 Å². The Kier molecular flexibility index (Phi) is 5.90. The predicted octanol–water partition coefficient (Wildman–Crippen LogP) is 2.61.